The summed E-state index contributed by atoms with van der Waals surface area (Å²) in [5.74, 6) is 1.47. The highest BCUT2D eigenvalue weighted by Crippen LogP contribution is 2.20. The van der Waals surface area contributed by atoms with E-state index >= 15 is 0 Å². The number of hydrogen-bond acceptors (Lipinski definition) is 2. The smallest absolute Gasteiger partial charge is 0.132 e. The second-order valence-corrected chi connectivity index (χ2v) is 4.16. The Morgan fingerprint density at radius 1 is 1.19 bits per heavy atom. The summed E-state index contributed by atoms with van der Waals surface area (Å²) in [6.07, 6.45) is 0.0322. The first-order valence-corrected chi connectivity index (χ1v) is 5.45. The molecule has 16 heavy (non-hydrogen) atoms. The van der Waals surface area contributed by atoms with Gasteiger partial charge in [-0.05, 0) is 31.5 Å². The maximum atomic E-state index is 9.98. The van der Waals surface area contributed by atoms with Crippen LogP contribution in [0.5, 0.6) is 0 Å². The molecule has 0 aliphatic rings. The predicted octanol–water partition coefficient (Wildman–Crippen LogP) is 3.17. The average molecular weight is 216 g/mol. The quantitative estimate of drug-likeness (QED) is 0.854. The van der Waals surface area contributed by atoms with E-state index in [-0.39, 0.29) is 0 Å². The summed E-state index contributed by atoms with van der Waals surface area (Å²) in [6.45, 7) is 3.93. The Kier molecular flexibility index (Phi) is 3.11. The van der Waals surface area contributed by atoms with E-state index in [1.807, 2.05) is 44.2 Å². The fourth-order valence-corrected chi connectivity index (χ4v) is 1.80. The van der Waals surface area contributed by atoms with Crippen LogP contribution >= 0.6 is 0 Å². The third kappa shape index (κ3) is 2.52. The average Bonchev–Trinajstić information content (AvgIpc) is 2.65. The van der Waals surface area contributed by atoms with Crippen molar-refractivity contribution in [2.75, 3.05) is 0 Å². The van der Waals surface area contributed by atoms with E-state index in [4.69, 9.17) is 4.42 Å². The number of aryl methyl sites for hydroxylation is 2. The van der Waals surface area contributed by atoms with Crippen LogP contribution in [0.25, 0.3) is 0 Å². The number of rotatable bonds is 3. The Hall–Kier alpha value is -1.54. The van der Waals surface area contributed by atoms with Gasteiger partial charge in [-0.25, -0.2) is 0 Å². The first kappa shape index (κ1) is 11.0. The summed E-state index contributed by atoms with van der Waals surface area (Å²) in [4.78, 5) is 0. The van der Waals surface area contributed by atoms with Gasteiger partial charge in [-0.2, -0.15) is 0 Å². The molecule has 1 N–H and O–H groups in total. The molecule has 0 saturated heterocycles. The Morgan fingerprint density at radius 3 is 2.62 bits per heavy atom. The molecule has 1 aromatic carbocycles. The second kappa shape index (κ2) is 4.54. The third-order valence-electron chi connectivity index (χ3n) is 2.60. The zero-order valence-corrected chi connectivity index (χ0v) is 9.60. The zero-order valence-electron chi connectivity index (χ0n) is 9.60. The number of aliphatic hydroxyl groups is 1. The molecular formula is C14H16O2. The minimum absolute atomic E-state index is 0.560. The minimum Gasteiger partial charge on any atom is -0.464 e. The van der Waals surface area contributed by atoms with E-state index in [1.165, 1.54) is 5.56 Å². The molecule has 0 saturated carbocycles. The minimum atomic E-state index is -0.560. The van der Waals surface area contributed by atoms with Gasteiger partial charge in [0.25, 0.3) is 0 Å². The zero-order chi connectivity index (χ0) is 11.5. The fourth-order valence-electron chi connectivity index (χ4n) is 1.80. The van der Waals surface area contributed by atoms with Gasteiger partial charge < -0.3 is 9.52 Å². The van der Waals surface area contributed by atoms with Crippen molar-refractivity contribution in [1.29, 1.82) is 0 Å². The Labute approximate surface area is 95.5 Å². The van der Waals surface area contributed by atoms with Crippen molar-refractivity contribution in [2.45, 2.75) is 26.4 Å². The molecule has 2 heteroatoms. The molecule has 2 nitrogen and oxygen atoms in total. The van der Waals surface area contributed by atoms with Gasteiger partial charge in [0.15, 0.2) is 0 Å². The van der Waals surface area contributed by atoms with Crippen molar-refractivity contribution in [1.82, 2.24) is 0 Å². The molecule has 0 aliphatic heterocycles. The third-order valence-corrected chi connectivity index (χ3v) is 2.60. The van der Waals surface area contributed by atoms with Crippen molar-refractivity contribution < 1.29 is 9.52 Å². The van der Waals surface area contributed by atoms with Crippen molar-refractivity contribution in [2.24, 2.45) is 0 Å². The van der Waals surface area contributed by atoms with E-state index < -0.39 is 6.10 Å². The highest BCUT2D eigenvalue weighted by molar-refractivity contribution is 5.23. The van der Waals surface area contributed by atoms with E-state index in [9.17, 15) is 5.11 Å². The predicted molar refractivity (Wildman–Crippen MR) is 63.3 cm³/mol. The Balaban J connectivity index is 2.10. The van der Waals surface area contributed by atoms with Crippen molar-refractivity contribution >= 4 is 0 Å². The maximum absolute atomic E-state index is 9.98. The fraction of sp³-hybridized carbons (Fsp3) is 0.286. The molecule has 1 heterocycles. The van der Waals surface area contributed by atoms with Crippen LogP contribution < -0.4 is 0 Å². The molecule has 2 rings (SSSR count). The van der Waals surface area contributed by atoms with E-state index in [0.717, 1.165) is 11.3 Å². The number of hydrogen-bond donors (Lipinski definition) is 1. The first-order valence-electron chi connectivity index (χ1n) is 5.45. The van der Waals surface area contributed by atoms with Gasteiger partial charge in [0.1, 0.15) is 17.6 Å². The molecule has 1 unspecified atom stereocenters. The molecule has 1 aromatic heterocycles. The molecule has 0 fully saturated rings. The summed E-state index contributed by atoms with van der Waals surface area (Å²) in [5, 5.41) is 9.98. The van der Waals surface area contributed by atoms with Crippen LogP contribution in [0.2, 0.25) is 0 Å². The molecule has 0 spiro atoms. The van der Waals surface area contributed by atoms with Gasteiger partial charge in [0.05, 0.1) is 0 Å². The first-order chi connectivity index (χ1) is 7.65. The molecule has 0 aliphatic carbocycles. The second-order valence-electron chi connectivity index (χ2n) is 4.16. The normalized spacial score (nSPS) is 12.7. The van der Waals surface area contributed by atoms with Crippen LogP contribution in [-0.4, -0.2) is 5.11 Å². The van der Waals surface area contributed by atoms with Crippen LogP contribution in [0, 0.1) is 13.8 Å². The van der Waals surface area contributed by atoms with Crippen LogP contribution in [0.1, 0.15) is 28.8 Å². The molecule has 0 radical (unpaired) electrons. The van der Waals surface area contributed by atoms with E-state index in [0.29, 0.717) is 12.2 Å². The topological polar surface area (TPSA) is 33.4 Å². The summed E-state index contributed by atoms with van der Waals surface area (Å²) in [7, 11) is 0. The van der Waals surface area contributed by atoms with Crippen molar-refractivity contribution in [3.05, 3.63) is 59.0 Å². The largest absolute Gasteiger partial charge is 0.464 e. The van der Waals surface area contributed by atoms with Gasteiger partial charge in [-0.15, -0.1) is 0 Å². The molecule has 84 valence electrons. The van der Waals surface area contributed by atoms with Gasteiger partial charge in [0, 0.05) is 6.42 Å². The summed E-state index contributed by atoms with van der Waals surface area (Å²) >= 11 is 0. The molecule has 1 atom stereocenters. The SMILES string of the molecule is Cc1cccc(CC(O)c2ccc(C)o2)c1. The van der Waals surface area contributed by atoms with Gasteiger partial charge in [-0.3, -0.25) is 0 Å². The lowest BCUT2D eigenvalue weighted by Crippen LogP contribution is -2.00. The van der Waals surface area contributed by atoms with Crippen LogP contribution in [0.15, 0.2) is 40.8 Å². The summed E-state index contributed by atoms with van der Waals surface area (Å²) < 4.78 is 5.40. The molecule has 2 aromatic rings. The standard InChI is InChI=1S/C14H16O2/c1-10-4-3-5-12(8-10)9-13(15)14-7-6-11(2)16-14/h3-8,13,15H,9H2,1-2H3. The summed E-state index contributed by atoms with van der Waals surface area (Å²) in [6, 6.07) is 11.9. The van der Waals surface area contributed by atoms with E-state index in [2.05, 4.69) is 6.07 Å². The summed E-state index contributed by atoms with van der Waals surface area (Å²) in [5.41, 5.74) is 2.34. The van der Waals surface area contributed by atoms with Gasteiger partial charge >= 0.3 is 0 Å². The van der Waals surface area contributed by atoms with Crippen LogP contribution in [-0.2, 0) is 6.42 Å². The molecular weight excluding hydrogens is 200 g/mol. The highest BCUT2D eigenvalue weighted by atomic mass is 16.4. The molecule has 0 bridgehead atoms. The van der Waals surface area contributed by atoms with E-state index in [1.54, 1.807) is 0 Å². The lowest BCUT2D eigenvalue weighted by molar-refractivity contribution is 0.149. The number of furan rings is 1. The van der Waals surface area contributed by atoms with Crippen LogP contribution in [0.3, 0.4) is 0 Å². The maximum Gasteiger partial charge on any atom is 0.132 e. The van der Waals surface area contributed by atoms with Crippen LogP contribution in [0.4, 0.5) is 0 Å². The van der Waals surface area contributed by atoms with Gasteiger partial charge in [0.2, 0.25) is 0 Å². The number of benzene rings is 1. The lowest BCUT2D eigenvalue weighted by atomic mass is 10.0. The van der Waals surface area contributed by atoms with Crippen molar-refractivity contribution in [3.8, 4) is 0 Å². The lowest BCUT2D eigenvalue weighted by Gasteiger charge is -2.08. The Morgan fingerprint density at radius 2 is 2.00 bits per heavy atom. The highest BCUT2D eigenvalue weighted by Gasteiger charge is 2.12. The number of aliphatic hydroxyl groups excluding tert-OH is 1. The van der Waals surface area contributed by atoms with Gasteiger partial charge in [-0.1, -0.05) is 29.8 Å². The van der Waals surface area contributed by atoms with Crippen molar-refractivity contribution in [3.63, 3.8) is 0 Å². The monoisotopic (exact) mass is 216 g/mol. The molecule has 0 amide bonds. The Bertz CT molecular complexity index is 471.